The first-order valence-corrected chi connectivity index (χ1v) is 7.08. The van der Waals surface area contributed by atoms with Gasteiger partial charge in [-0.15, -0.1) is 0 Å². The minimum atomic E-state index is -0.429. The van der Waals surface area contributed by atoms with Crippen molar-refractivity contribution in [3.8, 4) is 0 Å². The summed E-state index contributed by atoms with van der Waals surface area (Å²) in [5, 5.41) is 17.8. The molecule has 1 aromatic carbocycles. The van der Waals surface area contributed by atoms with Gasteiger partial charge in [-0.3, -0.25) is 4.68 Å². The summed E-state index contributed by atoms with van der Waals surface area (Å²) in [6.07, 6.45) is 4.51. The molecular formula is C16H23N3O. The number of aliphatic hydroxyl groups is 1. The Morgan fingerprint density at radius 3 is 2.55 bits per heavy atom. The number of aryl methyl sites for hydroxylation is 1. The molecule has 20 heavy (non-hydrogen) atoms. The first-order chi connectivity index (χ1) is 9.66. The molecule has 1 atom stereocenters. The van der Waals surface area contributed by atoms with E-state index >= 15 is 0 Å². The Hall–Kier alpha value is -1.65. The van der Waals surface area contributed by atoms with Gasteiger partial charge in [-0.25, -0.2) is 0 Å². The molecule has 0 fully saturated rings. The van der Waals surface area contributed by atoms with Gasteiger partial charge in [0.2, 0.25) is 0 Å². The fraction of sp³-hybridized carbons (Fsp3) is 0.438. The largest absolute Gasteiger partial charge is 0.394 e. The van der Waals surface area contributed by atoms with Crippen LogP contribution in [-0.4, -0.2) is 27.5 Å². The van der Waals surface area contributed by atoms with Gasteiger partial charge in [0.15, 0.2) is 0 Å². The molecule has 0 aliphatic heterocycles. The Labute approximate surface area is 120 Å². The summed E-state index contributed by atoms with van der Waals surface area (Å²) in [5.74, 6) is 0. The van der Waals surface area contributed by atoms with Crippen LogP contribution < -0.4 is 5.32 Å². The van der Waals surface area contributed by atoms with E-state index in [-0.39, 0.29) is 6.61 Å². The maximum atomic E-state index is 10.0. The fourth-order valence-electron chi connectivity index (χ4n) is 2.56. The van der Waals surface area contributed by atoms with Crippen LogP contribution in [0.1, 0.15) is 25.8 Å². The highest BCUT2D eigenvalue weighted by Gasteiger charge is 2.31. The highest BCUT2D eigenvalue weighted by Crippen LogP contribution is 2.26. The molecule has 0 aliphatic carbocycles. The van der Waals surface area contributed by atoms with Crippen molar-refractivity contribution in [1.82, 2.24) is 15.1 Å². The smallest absolute Gasteiger partial charge is 0.0688 e. The molecule has 0 spiro atoms. The normalized spacial score (nSPS) is 14.4. The number of rotatable bonds is 7. The predicted octanol–water partition coefficient (Wildman–Crippen LogP) is 2.16. The lowest BCUT2D eigenvalue weighted by atomic mass is 9.86. The van der Waals surface area contributed by atoms with Gasteiger partial charge in [0.05, 0.1) is 12.1 Å². The second-order valence-electron chi connectivity index (χ2n) is 5.42. The van der Waals surface area contributed by atoms with E-state index in [1.807, 2.05) is 35.1 Å². The first kappa shape index (κ1) is 14.8. The summed E-state index contributed by atoms with van der Waals surface area (Å²) in [6.45, 7) is 5.03. The molecule has 4 heteroatoms. The average Bonchev–Trinajstić information content (AvgIpc) is 2.97. The van der Waals surface area contributed by atoms with Crippen LogP contribution >= 0.6 is 0 Å². The molecule has 4 nitrogen and oxygen atoms in total. The molecule has 0 saturated carbocycles. The Morgan fingerprint density at radius 1 is 1.25 bits per heavy atom. The van der Waals surface area contributed by atoms with Gasteiger partial charge in [0, 0.05) is 25.0 Å². The van der Waals surface area contributed by atoms with Crippen molar-refractivity contribution in [3.05, 3.63) is 54.4 Å². The highest BCUT2D eigenvalue weighted by atomic mass is 16.3. The minimum absolute atomic E-state index is 0.0659. The molecule has 0 radical (unpaired) electrons. The summed E-state index contributed by atoms with van der Waals surface area (Å²) in [6, 6.07) is 12.3. The number of benzene rings is 1. The predicted molar refractivity (Wildman–Crippen MR) is 80.3 cm³/mol. The van der Waals surface area contributed by atoms with Crippen molar-refractivity contribution >= 4 is 0 Å². The van der Waals surface area contributed by atoms with Gasteiger partial charge in [-0.1, -0.05) is 30.3 Å². The quantitative estimate of drug-likeness (QED) is 0.813. The van der Waals surface area contributed by atoms with Crippen molar-refractivity contribution in [2.45, 2.75) is 38.4 Å². The third kappa shape index (κ3) is 3.46. The monoisotopic (exact) mass is 273 g/mol. The van der Waals surface area contributed by atoms with Crippen molar-refractivity contribution in [3.63, 3.8) is 0 Å². The third-order valence-corrected chi connectivity index (χ3v) is 3.49. The molecule has 108 valence electrons. The van der Waals surface area contributed by atoms with Crippen molar-refractivity contribution < 1.29 is 5.11 Å². The zero-order valence-electron chi connectivity index (χ0n) is 12.2. The summed E-state index contributed by atoms with van der Waals surface area (Å²) < 4.78 is 1.90. The lowest BCUT2D eigenvalue weighted by Crippen LogP contribution is -2.49. The Morgan fingerprint density at radius 2 is 2.00 bits per heavy atom. The molecule has 1 aromatic heterocycles. The van der Waals surface area contributed by atoms with Gasteiger partial charge in [-0.2, -0.15) is 5.10 Å². The standard InChI is InChI=1S/C16H23N3O/c1-14(2)18-16(13-20,15-7-4-3-5-8-15)9-12-19-11-6-10-17-19/h3-8,10-11,14,18,20H,9,12-13H2,1-2H3. The van der Waals surface area contributed by atoms with Crippen LogP contribution in [0.5, 0.6) is 0 Å². The Kier molecular flexibility index (Phi) is 4.93. The van der Waals surface area contributed by atoms with Crippen LogP contribution in [0.4, 0.5) is 0 Å². The van der Waals surface area contributed by atoms with E-state index in [4.69, 9.17) is 0 Å². The van der Waals surface area contributed by atoms with E-state index in [2.05, 4.69) is 36.4 Å². The van der Waals surface area contributed by atoms with Crippen LogP contribution in [0.2, 0.25) is 0 Å². The zero-order valence-corrected chi connectivity index (χ0v) is 12.2. The van der Waals surface area contributed by atoms with Crippen LogP contribution in [0.25, 0.3) is 0 Å². The first-order valence-electron chi connectivity index (χ1n) is 7.08. The number of hydrogen-bond donors (Lipinski definition) is 2. The second kappa shape index (κ2) is 6.68. The number of aromatic nitrogens is 2. The van der Waals surface area contributed by atoms with Crippen molar-refractivity contribution in [2.75, 3.05) is 6.61 Å². The molecule has 2 rings (SSSR count). The van der Waals surface area contributed by atoms with Crippen molar-refractivity contribution in [2.24, 2.45) is 0 Å². The summed E-state index contributed by atoms with van der Waals surface area (Å²) in [4.78, 5) is 0. The summed E-state index contributed by atoms with van der Waals surface area (Å²) in [5.41, 5.74) is 0.685. The zero-order chi connectivity index (χ0) is 14.4. The SMILES string of the molecule is CC(C)NC(CO)(CCn1cccn1)c1ccccc1. The number of nitrogens with one attached hydrogen (secondary N) is 1. The van der Waals surface area contributed by atoms with Gasteiger partial charge < -0.3 is 10.4 Å². The van der Waals surface area contributed by atoms with E-state index in [1.54, 1.807) is 6.20 Å². The van der Waals surface area contributed by atoms with Gasteiger partial charge in [-0.05, 0) is 31.9 Å². The molecular weight excluding hydrogens is 250 g/mol. The topological polar surface area (TPSA) is 50.1 Å². The van der Waals surface area contributed by atoms with E-state index in [0.717, 1.165) is 18.5 Å². The number of aliphatic hydroxyl groups excluding tert-OH is 1. The molecule has 2 aromatic rings. The van der Waals surface area contributed by atoms with E-state index in [9.17, 15) is 5.11 Å². The summed E-state index contributed by atoms with van der Waals surface area (Å²) in [7, 11) is 0. The lowest BCUT2D eigenvalue weighted by molar-refractivity contribution is 0.135. The maximum absolute atomic E-state index is 10.0. The van der Waals surface area contributed by atoms with Crippen LogP contribution in [0.3, 0.4) is 0 Å². The average molecular weight is 273 g/mol. The second-order valence-corrected chi connectivity index (χ2v) is 5.42. The molecule has 0 saturated heterocycles. The van der Waals surface area contributed by atoms with Gasteiger partial charge in [0.25, 0.3) is 0 Å². The maximum Gasteiger partial charge on any atom is 0.0688 e. The number of nitrogens with zero attached hydrogens (tertiary/aromatic N) is 2. The van der Waals surface area contributed by atoms with E-state index in [1.165, 1.54) is 0 Å². The number of hydrogen-bond acceptors (Lipinski definition) is 3. The minimum Gasteiger partial charge on any atom is -0.394 e. The van der Waals surface area contributed by atoms with Gasteiger partial charge >= 0.3 is 0 Å². The molecule has 0 amide bonds. The lowest BCUT2D eigenvalue weighted by Gasteiger charge is -2.36. The molecule has 1 unspecified atom stereocenters. The van der Waals surface area contributed by atoms with Gasteiger partial charge in [0.1, 0.15) is 0 Å². The van der Waals surface area contributed by atoms with Crippen LogP contribution in [0.15, 0.2) is 48.8 Å². The van der Waals surface area contributed by atoms with E-state index < -0.39 is 5.54 Å². The van der Waals surface area contributed by atoms with E-state index in [0.29, 0.717) is 6.04 Å². The Bertz CT molecular complexity index is 496. The molecule has 0 bridgehead atoms. The molecule has 1 heterocycles. The van der Waals surface area contributed by atoms with Crippen molar-refractivity contribution in [1.29, 1.82) is 0 Å². The van der Waals surface area contributed by atoms with Crippen LogP contribution in [0, 0.1) is 0 Å². The van der Waals surface area contributed by atoms with Crippen LogP contribution in [-0.2, 0) is 12.1 Å². The molecule has 0 aliphatic rings. The molecule has 2 N–H and O–H groups in total. The Balaban J connectivity index is 2.22. The highest BCUT2D eigenvalue weighted by molar-refractivity contribution is 5.25. The fourth-order valence-corrected chi connectivity index (χ4v) is 2.56. The summed E-state index contributed by atoms with van der Waals surface area (Å²) >= 11 is 0. The third-order valence-electron chi connectivity index (χ3n) is 3.49.